The normalized spacial score (nSPS) is 9.62. The van der Waals surface area contributed by atoms with Gasteiger partial charge in [-0.3, -0.25) is 0 Å². The summed E-state index contributed by atoms with van der Waals surface area (Å²) in [6, 6.07) is 3.49. The van der Waals surface area contributed by atoms with Crippen LogP contribution in [0.15, 0.2) is 18.3 Å². The van der Waals surface area contributed by atoms with Crippen molar-refractivity contribution in [1.29, 1.82) is 0 Å². The minimum absolute atomic E-state index is 0.132. The molecular formula is C8H10N2O2S. The molecule has 0 spiro atoms. The van der Waals surface area contributed by atoms with Crippen molar-refractivity contribution < 1.29 is 9.47 Å². The molecule has 0 amide bonds. The smallest absolute Gasteiger partial charge is 0.225 e. The molecular weight excluding hydrogens is 188 g/mol. The Labute approximate surface area is 81.7 Å². The number of ether oxygens (including phenoxy) is 2. The second-order valence-electron chi connectivity index (χ2n) is 2.27. The Morgan fingerprint density at radius 2 is 2.46 bits per heavy atom. The number of rotatable bonds is 4. The molecule has 1 rings (SSSR count). The molecule has 70 valence electrons. The van der Waals surface area contributed by atoms with Gasteiger partial charge in [-0.25, -0.2) is 4.98 Å². The van der Waals surface area contributed by atoms with Gasteiger partial charge >= 0.3 is 0 Å². The van der Waals surface area contributed by atoms with Gasteiger partial charge in [0.25, 0.3) is 0 Å². The third-order valence-electron chi connectivity index (χ3n) is 1.35. The zero-order valence-corrected chi connectivity index (χ0v) is 8.00. The zero-order valence-electron chi connectivity index (χ0n) is 7.19. The lowest BCUT2D eigenvalue weighted by atomic mass is 10.3. The van der Waals surface area contributed by atoms with Crippen LogP contribution in [0.3, 0.4) is 0 Å². The Morgan fingerprint density at radius 3 is 3.08 bits per heavy atom. The summed E-state index contributed by atoms with van der Waals surface area (Å²) in [5.74, 6) is 0.400. The molecule has 0 saturated carbocycles. The molecule has 0 aliphatic carbocycles. The van der Waals surface area contributed by atoms with Crippen molar-refractivity contribution in [3.63, 3.8) is 0 Å². The highest BCUT2D eigenvalue weighted by molar-refractivity contribution is 7.80. The average molecular weight is 198 g/mol. The average Bonchev–Trinajstić information content (AvgIpc) is 2.15. The van der Waals surface area contributed by atoms with Gasteiger partial charge in [0.05, 0.1) is 5.56 Å². The quantitative estimate of drug-likeness (QED) is 0.570. The fourth-order valence-electron chi connectivity index (χ4n) is 0.808. The maximum absolute atomic E-state index is 5.46. The van der Waals surface area contributed by atoms with Gasteiger partial charge in [-0.05, 0) is 12.1 Å². The second kappa shape index (κ2) is 4.74. The number of hydrogen-bond donors (Lipinski definition) is 1. The van der Waals surface area contributed by atoms with E-state index in [0.29, 0.717) is 11.4 Å². The Kier molecular flexibility index (Phi) is 3.60. The summed E-state index contributed by atoms with van der Waals surface area (Å²) in [5.41, 5.74) is 6.08. The van der Waals surface area contributed by atoms with Gasteiger partial charge in [0.2, 0.25) is 5.88 Å². The summed E-state index contributed by atoms with van der Waals surface area (Å²) in [4.78, 5) is 4.23. The molecule has 2 N–H and O–H groups in total. The molecule has 0 aliphatic heterocycles. The molecule has 0 atom stereocenters. The lowest BCUT2D eigenvalue weighted by Gasteiger charge is -2.07. The van der Waals surface area contributed by atoms with E-state index in [1.165, 1.54) is 7.11 Å². The molecule has 0 radical (unpaired) electrons. The van der Waals surface area contributed by atoms with Gasteiger partial charge in [0.15, 0.2) is 6.79 Å². The van der Waals surface area contributed by atoms with E-state index in [-0.39, 0.29) is 11.8 Å². The van der Waals surface area contributed by atoms with E-state index in [1.807, 2.05) is 0 Å². The van der Waals surface area contributed by atoms with Crippen molar-refractivity contribution in [3.05, 3.63) is 23.9 Å². The molecule has 0 saturated heterocycles. The monoisotopic (exact) mass is 198 g/mol. The Bertz CT molecular complexity index is 304. The SMILES string of the molecule is COCOc1ncccc1C(N)=S. The maximum atomic E-state index is 5.46. The van der Waals surface area contributed by atoms with Crippen LogP contribution in [0, 0.1) is 0 Å². The number of nitrogens with zero attached hydrogens (tertiary/aromatic N) is 1. The lowest BCUT2D eigenvalue weighted by Crippen LogP contribution is -2.13. The highest BCUT2D eigenvalue weighted by Gasteiger charge is 2.05. The van der Waals surface area contributed by atoms with Crippen molar-refractivity contribution in [2.45, 2.75) is 0 Å². The molecule has 1 aromatic heterocycles. The first-order valence-corrected chi connectivity index (χ1v) is 4.03. The van der Waals surface area contributed by atoms with Crippen molar-refractivity contribution in [2.24, 2.45) is 5.73 Å². The Morgan fingerprint density at radius 1 is 1.69 bits per heavy atom. The van der Waals surface area contributed by atoms with E-state index >= 15 is 0 Å². The van der Waals surface area contributed by atoms with Crippen LogP contribution in [0.1, 0.15) is 5.56 Å². The van der Waals surface area contributed by atoms with Crippen molar-refractivity contribution in [1.82, 2.24) is 4.98 Å². The fourth-order valence-corrected chi connectivity index (χ4v) is 0.963. The Balaban J connectivity index is 2.84. The van der Waals surface area contributed by atoms with E-state index in [9.17, 15) is 0 Å². The molecule has 0 unspecified atom stereocenters. The first-order valence-electron chi connectivity index (χ1n) is 3.62. The summed E-state index contributed by atoms with van der Waals surface area (Å²) in [6.07, 6.45) is 1.60. The first kappa shape index (κ1) is 9.88. The predicted octanol–water partition coefficient (Wildman–Crippen LogP) is 0.699. The summed E-state index contributed by atoms with van der Waals surface area (Å²) in [5, 5.41) is 0. The van der Waals surface area contributed by atoms with Crippen LogP contribution in [0.25, 0.3) is 0 Å². The van der Waals surface area contributed by atoms with Gasteiger partial charge in [-0.1, -0.05) is 12.2 Å². The molecule has 5 heteroatoms. The predicted molar refractivity (Wildman–Crippen MR) is 52.6 cm³/mol. The van der Waals surface area contributed by atoms with Crippen molar-refractivity contribution in [3.8, 4) is 5.88 Å². The molecule has 13 heavy (non-hydrogen) atoms. The fraction of sp³-hybridized carbons (Fsp3) is 0.250. The van der Waals surface area contributed by atoms with Crippen LogP contribution in [-0.2, 0) is 4.74 Å². The molecule has 0 aromatic carbocycles. The molecule has 1 heterocycles. The van der Waals surface area contributed by atoms with Crippen molar-refractivity contribution in [2.75, 3.05) is 13.9 Å². The van der Waals surface area contributed by atoms with Crippen LogP contribution in [-0.4, -0.2) is 23.9 Å². The number of thiocarbonyl (C=S) groups is 1. The molecule has 0 fully saturated rings. The third kappa shape index (κ3) is 2.64. The minimum Gasteiger partial charge on any atom is -0.450 e. The van der Waals surface area contributed by atoms with Crippen LogP contribution in [0.2, 0.25) is 0 Å². The maximum Gasteiger partial charge on any atom is 0.225 e. The van der Waals surface area contributed by atoms with E-state index < -0.39 is 0 Å². The van der Waals surface area contributed by atoms with E-state index in [1.54, 1.807) is 18.3 Å². The third-order valence-corrected chi connectivity index (χ3v) is 1.57. The summed E-state index contributed by atoms with van der Waals surface area (Å²) in [7, 11) is 1.53. The zero-order chi connectivity index (χ0) is 9.68. The van der Waals surface area contributed by atoms with Gasteiger partial charge in [0.1, 0.15) is 4.99 Å². The summed E-state index contributed by atoms with van der Waals surface area (Å²) in [6.45, 7) is 0.132. The highest BCUT2D eigenvalue weighted by atomic mass is 32.1. The van der Waals surface area contributed by atoms with Gasteiger partial charge in [-0.2, -0.15) is 0 Å². The van der Waals surface area contributed by atoms with E-state index in [2.05, 4.69) is 4.98 Å². The van der Waals surface area contributed by atoms with Crippen LogP contribution in [0.4, 0.5) is 0 Å². The number of nitrogens with two attached hydrogens (primary N) is 1. The number of aromatic nitrogens is 1. The van der Waals surface area contributed by atoms with Crippen molar-refractivity contribution >= 4 is 17.2 Å². The van der Waals surface area contributed by atoms with Gasteiger partial charge < -0.3 is 15.2 Å². The van der Waals surface area contributed by atoms with E-state index in [4.69, 9.17) is 27.4 Å². The minimum atomic E-state index is 0.132. The standard InChI is InChI=1S/C8H10N2O2S/c1-11-5-12-8-6(7(9)13)3-2-4-10-8/h2-4H,5H2,1H3,(H2,9,13). The number of pyridine rings is 1. The van der Waals surface area contributed by atoms with Gasteiger partial charge in [0, 0.05) is 13.3 Å². The highest BCUT2D eigenvalue weighted by Crippen LogP contribution is 2.13. The molecule has 4 nitrogen and oxygen atoms in total. The molecule has 0 bridgehead atoms. The Hall–Kier alpha value is -1.20. The summed E-state index contributed by atoms with van der Waals surface area (Å²) >= 11 is 4.82. The summed E-state index contributed by atoms with van der Waals surface area (Å²) < 4.78 is 9.88. The number of hydrogen-bond acceptors (Lipinski definition) is 4. The largest absolute Gasteiger partial charge is 0.450 e. The lowest BCUT2D eigenvalue weighted by molar-refractivity contribution is 0.0477. The molecule has 1 aromatic rings. The van der Waals surface area contributed by atoms with Crippen LogP contribution < -0.4 is 10.5 Å². The first-order chi connectivity index (χ1) is 6.25. The van der Waals surface area contributed by atoms with Crippen LogP contribution >= 0.6 is 12.2 Å². The molecule has 0 aliphatic rings. The van der Waals surface area contributed by atoms with E-state index in [0.717, 1.165) is 0 Å². The topological polar surface area (TPSA) is 57.4 Å². The van der Waals surface area contributed by atoms with Crippen LogP contribution in [0.5, 0.6) is 5.88 Å². The number of methoxy groups -OCH3 is 1. The second-order valence-corrected chi connectivity index (χ2v) is 2.71. The van der Waals surface area contributed by atoms with Gasteiger partial charge in [-0.15, -0.1) is 0 Å².